The first-order valence-electron chi connectivity index (χ1n) is 3.53. The molecule has 66 valence electrons. The number of hydrogen-bond donors (Lipinski definition) is 4. The summed E-state index contributed by atoms with van der Waals surface area (Å²) in [5.74, 6) is 0. The lowest BCUT2D eigenvalue weighted by molar-refractivity contribution is 0.949. The Morgan fingerprint density at radius 2 is 1.42 bits per heavy atom. The molecular weight excluding hydrogens is 224 g/mol. The van der Waals surface area contributed by atoms with Gasteiger partial charge in [-0.05, 0) is 18.1 Å². The van der Waals surface area contributed by atoms with Gasteiger partial charge in [0.05, 0.1) is 0 Å². The topological polar surface area (TPSA) is 0 Å². The molecule has 0 spiro atoms. The van der Waals surface area contributed by atoms with E-state index in [4.69, 9.17) is 0 Å². The van der Waals surface area contributed by atoms with Crippen molar-refractivity contribution in [3.8, 4) is 0 Å². The van der Waals surface area contributed by atoms with E-state index in [-0.39, 0.29) is 0 Å². The highest BCUT2D eigenvalue weighted by Gasteiger charge is 2.08. The Kier molecular flexibility index (Phi) is 3.76. The first-order chi connectivity index (χ1) is 5.57. The lowest BCUT2D eigenvalue weighted by Crippen LogP contribution is -1.89. The number of thiol groups is 4. The molecule has 4 heteroatoms. The Bertz CT molecular complexity index is 280. The summed E-state index contributed by atoms with van der Waals surface area (Å²) < 4.78 is 0. The fourth-order valence-corrected chi connectivity index (χ4v) is 2.41. The van der Waals surface area contributed by atoms with Crippen molar-refractivity contribution in [3.05, 3.63) is 11.6 Å². The van der Waals surface area contributed by atoms with Crippen LogP contribution in [0.15, 0.2) is 25.6 Å². The summed E-state index contributed by atoms with van der Waals surface area (Å²) in [4.78, 5) is 3.53. The average Bonchev–Trinajstić information content (AvgIpc) is 2.02. The fourth-order valence-electron chi connectivity index (χ4n) is 1.02. The van der Waals surface area contributed by atoms with Crippen LogP contribution < -0.4 is 0 Å². The second kappa shape index (κ2) is 4.22. The minimum Gasteiger partial charge on any atom is -0.142 e. The van der Waals surface area contributed by atoms with Gasteiger partial charge in [0, 0.05) is 19.6 Å². The standard InChI is InChI=1S/C8H10S4/c1-2-4-7(11)5(9)3-6(10)8(4)12/h3,9-12H,2H2,1H3. The second-order valence-electron chi connectivity index (χ2n) is 2.44. The number of benzene rings is 1. The molecule has 0 amide bonds. The van der Waals surface area contributed by atoms with E-state index in [0.29, 0.717) is 0 Å². The van der Waals surface area contributed by atoms with Crippen LogP contribution >= 0.6 is 50.5 Å². The highest BCUT2D eigenvalue weighted by molar-refractivity contribution is 7.84. The molecule has 0 aliphatic rings. The molecule has 0 fully saturated rings. The first kappa shape index (κ1) is 10.7. The van der Waals surface area contributed by atoms with Crippen molar-refractivity contribution in [3.63, 3.8) is 0 Å². The zero-order valence-electron chi connectivity index (χ0n) is 6.57. The highest BCUT2D eigenvalue weighted by Crippen LogP contribution is 2.33. The van der Waals surface area contributed by atoms with E-state index < -0.39 is 0 Å². The maximum Gasteiger partial charge on any atom is 0.0218 e. The maximum absolute atomic E-state index is 4.35. The maximum atomic E-state index is 4.35. The van der Waals surface area contributed by atoms with Crippen LogP contribution in [-0.4, -0.2) is 0 Å². The van der Waals surface area contributed by atoms with Crippen LogP contribution in [0.1, 0.15) is 12.5 Å². The van der Waals surface area contributed by atoms with E-state index in [1.807, 2.05) is 6.07 Å². The summed E-state index contributed by atoms with van der Waals surface area (Å²) in [6.45, 7) is 2.06. The van der Waals surface area contributed by atoms with Gasteiger partial charge >= 0.3 is 0 Å². The van der Waals surface area contributed by atoms with E-state index in [1.54, 1.807) is 0 Å². The summed E-state index contributed by atoms with van der Waals surface area (Å²) in [5, 5.41) is 0. The SMILES string of the molecule is CCc1c(S)c(S)cc(S)c1S. The predicted molar refractivity (Wildman–Crippen MR) is 64.8 cm³/mol. The van der Waals surface area contributed by atoms with E-state index in [9.17, 15) is 0 Å². The van der Waals surface area contributed by atoms with Crippen LogP contribution in [0.3, 0.4) is 0 Å². The van der Waals surface area contributed by atoms with Gasteiger partial charge in [-0.3, -0.25) is 0 Å². The predicted octanol–water partition coefficient (Wildman–Crippen LogP) is 3.40. The van der Waals surface area contributed by atoms with Crippen LogP contribution in [0.4, 0.5) is 0 Å². The zero-order chi connectivity index (χ0) is 9.30. The first-order valence-corrected chi connectivity index (χ1v) is 5.32. The third kappa shape index (κ3) is 1.92. The molecule has 0 N–H and O–H groups in total. The van der Waals surface area contributed by atoms with Gasteiger partial charge in [-0.2, -0.15) is 0 Å². The molecule has 0 saturated heterocycles. The van der Waals surface area contributed by atoms with Crippen LogP contribution in [0.5, 0.6) is 0 Å². The third-order valence-electron chi connectivity index (χ3n) is 1.68. The molecule has 1 aromatic carbocycles. The molecular formula is C8H10S4. The van der Waals surface area contributed by atoms with Gasteiger partial charge < -0.3 is 0 Å². The van der Waals surface area contributed by atoms with Gasteiger partial charge in [0.15, 0.2) is 0 Å². The van der Waals surface area contributed by atoms with Gasteiger partial charge in [-0.1, -0.05) is 6.92 Å². The minimum absolute atomic E-state index is 0.859. The number of rotatable bonds is 1. The molecule has 0 heterocycles. The van der Waals surface area contributed by atoms with E-state index >= 15 is 0 Å². The van der Waals surface area contributed by atoms with Gasteiger partial charge in [-0.25, -0.2) is 0 Å². The van der Waals surface area contributed by atoms with E-state index in [2.05, 4.69) is 57.4 Å². The lowest BCUT2D eigenvalue weighted by Gasteiger charge is -2.10. The normalized spacial score (nSPS) is 10.4. The molecule has 12 heavy (non-hydrogen) atoms. The molecule has 0 saturated carbocycles. The molecule has 0 atom stereocenters. The molecule has 0 nitrogen and oxygen atoms in total. The summed E-state index contributed by atoms with van der Waals surface area (Å²) in [5.41, 5.74) is 1.11. The Hall–Kier alpha value is 0.620. The molecule has 1 rings (SSSR count). The largest absolute Gasteiger partial charge is 0.142 e. The molecule has 0 aliphatic heterocycles. The van der Waals surface area contributed by atoms with Crippen molar-refractivity contribution in [1.29, 1.82) is 0 Å². The molecule has 0 radical (unpaired) electrons. The fraction of sp³-hybridized carbons (Fsp3) is 0.250. The van der Waals surface area contributed by atoms with Crippen molar-refractivity contribution in [2.45, 2.75) is 32.9 Å². The molecule has 0 unspecified atom stereocenters. The Morgan fingerprint density at radius 3 is 1.75 bits per heavy atom. The lowest BCUT2D eigenvalue weighted by atomic mass is 10.2. The summed E-state index contributed by atoms with van der Waals surface area (Å²) in [6.07, 6.45) is 0.902. The average molecular weight is 234 g/mol. The summed E-state index contributed by atoms with van der Waals surface area (Å²) >= 11 is 17.3. The van der Waals surface area contributed by atoms with Crippen molar-refractivity contribution >= 4 is 50.5 Å². The van der Waals surface area contributed by atoms with Gasteiger partial charge in [0.2, 0.25) is 0 Å². The van der Waals surface area contributed by atoms with E-state index in [0.717, 1.165) is 31.6 Å². The third-order valence-corrected chi connectivity index (χ3v) is 3.76. The van der Waals surface area contributed by atoms with E-state index in [1.165, 1.54) is 0 Å². The second-order valence-corrected chi connectivity index (χ2v) is 4.30. The van der Waals surface area contributed by atoms with Crippen LogP contribution in [0.2, 0.25) is 0 Å². The van der Waals surface area contributed by atoms with Crippen LogP contribution in [-0.2, 0) is 6.42 Å². The smallest absolute Gasteiger partial charge is 0.0218 e. The van der Waals surface area contributed by atoms with Gasteiger partial charge in [-0.15, -0.1) is 50.5 Å². The highest BCUT2D eigenvalue weighted by atomic mass is 32.1. The Morgan fingerprint density at radius 1 is 1.00 bits per heavy atom. The summed E-state index contributed by atoms with van der Waals surface area (Å²) in [7, 11) is 0. The Balaban J connectivity index is 3.42. The van der Waals surface area contributed by atoms with Crippen molar-refractivity contribution in [2.24, 2.45) is 0 Å². The van der Waals surface area contributed by atoms with Gasteiger partial charge in [0.25, 0.3) is 0 Å². The number of hydrogen-bond acceptors (Lipinski definition) is 4. The van der Waals surface area contributed by atoms with Crippen LogP contribution in [0, 0.1) is 0 Å². The monoisotopic (exact) mass is 234 g/mol. The quantitative estimate of drug-likeness (QED) is 0.526. The summed E-state index contributed by atoms with van der Waals surface area (Å²) in [6, 6.07) is 1.86. The molecule has 1 aromatic rings. The van der Waals surface area contributed by atoms with Crippen molar-refractivity contribution in [1.82, 2.24) is 0 Å². The zero-order valence-corrected chi connectivity index (χ0v) is 10.2. The van der Waals surface area contributed by atoms with Crippen molar-refractivity contribution in [2.75, 3.05) is 0 Å². The molecule has 0 aromatic heterocycles. The van der Waals surface area contributed by atoms with Gasteiger partial charge in [0.1, 0.15) is 0 Å². The van der Waals surface area contributed by atoms with Crippen molar-refractivity contribution < 1.29 is 0 Å². The molecule has 0 aliphatic carbocycles. The Labute approximate surface area is 94.8 Å². The van der Waals surface area contributed by atoms with Crippen LogP contribution in [0.25, 0.3) is 0 Å². The molecule has 0 bridgehead atoms. The minimum atomic E-state index is 0.859.